The lowest BCUT2D eigenvalue weighted by molar-refractivity contribution is 0.358. The van der Waals surface area contributed by atoms with Crippen LogP contribution in [0.5, 0.6) is 0 Å². The monoisotopic (exact) mass is 270 g/mol. The SMILES string of the molecule is Cc1nc(NC(C)C(C)(C)C)ccc1Br. The van der Waals surface area contributed by atoms with E-state index in [2.05, 4.69) is 53.9 Å². The van der Waals surface area contributed by atoms with Crippen LogP contribution in [0, 0.1) is 12.3 Å². The van der Waals surface area contributed by atoms with E-state index in [0.29, 0.717) is 6.04 Å². The average Bonchev–Trinajstić information content (AvgIpc) is 2.10. The van der Waals surface area contributed by atoms with Gasteiger partial charge in [-0.15, -0.1) is 0 Å². The fourth-order valence-electron chi connectivity index (χ4n) is 1.06. The number of aromatic nitrogens is 1. The van der Waals surface area contributed by atoms with E-state index in [4.69, 9.17) is 0 Å². The molecule has 1 rings (SSSR count). The van der Waals surface area contributed by atoms with Crippen LogP contribution >= 0.6 is 15.9 Å². The topological polar surface area (TPSA) is 24.9 Å². The molecule has 3 heteroatoms. The Kier molecular flexibility index (Phi) is 3.77. The lowest BCUT2D eigenvalue weighted by Crippen LogP contribution is -2.31. The minimum atomic E-state index is 0.239. The molecule has 0 amide bonds. The molecular formula is C12H19BrN2. The van der Waals surface area contributed by atoms with Crippen LogP contribution in [0.15, 0.2) is 16.6 Å². The first kappa shape index (κ1) is 12.5. The first-order chi connectivity index (χ1) is 6.80. The zero-order chi connectivity index (χ0) is 11.6. The molecule has 2 nitrogen and oxygen atoms in total. The molecule has 0 aliphatic rings. The van der Waals surface area contributed by atoms with Gasteiger partial charge in [0.1, 0.15) is 5.82 Å². The Balaban J connectivity index is 2.78. The van der Waals surface area contributed by atoms with Gasteiger partial charge in [-0.1, -0.05) is 20.8 Å². The minimum absolute atomic E-state index is 0.239. The van der Waals surface area contributed by atoms with E-state index in [1.807, 2.05) is 19.1 Å². The van der Waals surface area contributed by atoms with Gasteiger partial charge >= 0.3 is 0 Å². The molecule has 1 aromatic rings. The van der Waals surface area contributed by atoms with Gasteiger partial charge in [-0.2, -0.15) is 0 Å². The molecule has 0 saturated carbocycles. The maximum absolute atomic E-state index is 4.47. The Morgan fingerprint density at radius 1 is 1.33 bits per heavy atom. The summed E-state index contributed by atoms with van der Waals surface area (Å²) in [6.45, 7) is 10.8. The molecule has 0 aliphatic carbocycles. The van der Waals surface area contributed by atoms with Crippen molar-refractivity contribution in [2.24, 2.45) is 5.41 Å². The van der Waals surface area contributed by atoms with Crippen molar-refractivity contribution in [3.05, 3.63) is 22.3 Å². The van der Waals surface area contributed by atoms with Crippen LogP contribution in [0.2, 0.25) is 0 Å². The highest BCUT2D eigenvalue weighted by atomic mass is 79.9. The zero-order valence-electron chi connectivity index (χ0n) is 10.1. The second kappa shape index (κ2) is 4.52. The number of nitrogens with one attached hydrogen (secondary N) is 1. The van der Waals surface area contributed by atoms with E-state index in [1.165, 1.54) is 0 Å². The highest BCUT2D eigenvalue weighted by molar-refractivity contribution is 9.10. The summed E-state index contributed by atoms with van der Waals surface area (Å²) in [5.41, 5.74) is 1.25. The fourth-order valence-corrected chi connectivity index (χ4v) is 1.28. The predicted octanol–water partition coefficient (Wildman–Crippen LogP) is 4.00. The summed E-state index contributed by atoms with van der Waals surface area (Å²) < 4.78 is 1.05. The number of pyridine rings is 1. The van der Waals surface area contributed by atoms with Crippen LogP contribution in [-0.2, 0) is 0 Å². The van der Waals surface area contributed by atoms with E-state index < -0.39 is 0 Å². The molecule has 1 unspecified atom stereocenters. The summed E-state index contributed by atoms with van der Waals surface area (Å²) in [7, 11) is 0. The molecule has 0 radical (unpaired) electrons. The first-order valence-electron chi connectivity index (χ1n) is 5.20. The Bertz CT molecular complexity index is 342. The molecule has 0 aliphatic heterocycles. The summed E-state index contributed by atoms with van der Waals surface area (Å²) in [4.78, 5) is 4.47. The van der Waals surface area contributed by atoms with Crippen molar-refractivity contribution < 1.29 is 0 Å². The molecular weight excluding hydrogens is 252 g/mol. The first-order valence-corrected chi connectivity index (χ1v) is 5.99. The summed E-state index contributed by atoms with van der Waals surface area (Å²) in [5, 5.41) is 3.42. The van der Waals surface area contributed by atoms with Gasteiger partial charge in [-0.05, 0) is 47.3 Å². The van der Waals surface area contributed by atoms with Crippen molar-refractivity contribution in [2.75, 3.05) is 5.32 Å². The molecule has 1 heterocycles. The highest BCUT2D eigenvalue weighted by Crippen LogP contribution is 2.23. The van der Waals surface area contributed by atoms with Gasteiger partial charge in [0.25, 0.3) is 0 Å². The third-order valence-electron chi connectivity index (χ3n) is 2.68. The van der Waals surface area contributed by atoms with Gasteiger partial charge in [-0.3, -0.25) is 0 Å². The van der Waals surface area contributed by atoms with E-state index in [9.17, 15) is 0 Å². The second-order valence-corrected chi connectivity index (χ2v) is 5.85. The second-order valence-electron chi connectivity index (χ2n) is 5.00. The van der Waals surface area contributed by atoms with E-state index in [0.717, 1.165) is 16.0 Å². The Hall–Kier alpha value is -0.570. The highest BCUT2D eigenvalue weighted by Gasteiger charge is 2.19. The summed E-state index contributed by atoms with van der Waals surface area (Å²) in [6.07, 6.45) is 0. The van der Waals surface area contributed by atoms with Gasteiger partial charge in [-0.25, -0.2) is 4.98 Å². The number of rotatable bonds is 2. The van der Waals surface area contributed by atoms with Crippen molar-refractivity contribution in [1.82, 2.24) is 4.98 Å². The molecule has 0 bridgehead atoms. The largest absolute Gasteiger partial charge is 0.367 e. The smallest absolute Gasteiger partial charge is 0.126 e. The van der Waals surface area contributed by atoms with Crippen molar-refractivity contribution in [1.29, 1.82) is 0 Å². The van der Waals surface area contributed by atoms with E-state index >= 15 is 0 Å². The molecule has 1 aromatic heterocycles. The third-order valence-corrected chi connectivity index (χ3v) is 3.52. The molecule has 1 atom stereocenters. The third kappa shape index (κ3) is 3.49. The quantitative estimate of drug-likeness (QED) is 0.879. The van der Waals surface area contributed by atoms with E-state index in [-0.39, 0.29) is 5.41 Å². The van der Waals surface area contributed by atoms with Crippen LogP contribution in [-0.4, -0.2) is 11.0 Å². The zero-order valence-corrected chi connectivity index (χ0v) is 11.6. The average molecular weight is 271 g/mol. The Labute approximate surface area is 101 Å². The van der Waals surface area contributed by atoms with Crippen LogP contribution in [0.25, 0.3) is 0 Å². The molecule has 84 valence electrons. The van der Waals surface area contributed by atoms with Crippen molar-refractivity contribution >= 4 is 21.7 Å². The van der Waals surface area contributed by atoms with E-state index in [1.54, 1.807) is 0 Å². The lowest BCUT2D eigenvalue weighted by atomic mass is 9.88. The number of halogens is 1. The maximum Gasteiger partial charge on any atom is 0.126 e. The van der Waals surface area contributed by atoms with Gasteiger partial charge in [0.05, 0.1) is 5.69 Å². The molecule has 0 spiro atoms. The Morgan fingerprint density at radius 2 is 1.93 bits per heavy atom. The van der Waals surface area contributed by atoms with Gasteiger partial charge in [0.15, 0.2) is 0 Å². The maximum atomic E-state index is 4.47. The van der Waals surface area contributed by atoms with Crippen LogP contribution in [0.1, 0.15) is 33.4 Å². The fraction of sp³-hybridized carbons (Fsp3) is 0.583. The Morgan fingerprint density at radius 3 is 2.40 bits per heavy atom. The summed E-state index contributed by atoms with van der Waals surface area (Å²) in [5.74, 6) is 0.943. The minimum Gasteiger partial charge on any atom is -0.367 e. The molecule has 15 heavy (non-hydrogen) atoms. The molecule has 0 fully saturated rings. The van der Waals surface area contributed by atoms with Crippen molar-refractivity contribution in [3.63, 3.8) is 0 Å². The van der Waals surface area contributed by atoms with Gasteiger partial charge < -0.3 is 5.32 Å². The number of aryl methyl sites for hydroxylation is 1. The molecule has 0 aromatic carbocycles. The molecule has 0 saturated heterocycles. The predicted molar refractivity (Wildman–Crippen MR) is 69.2 cm³/mol. The molecule has 1 N–H and O–H groups in total. The van der Waals surface area contributed by atoms with Gasteiger partial charge in [0.2, 0.25) is 0 Å². The normalized spacial score (nSPS) is 13.7. The lowest BCUT2D eigenvalue weighted by Gasteiger charge is -2.28. The number of hydrogen-bond donors (Lipinski definition) is 1. The summed E-state index contributed by atoms with van der Waals surface area (Å²) in [6, 6.07) is 4.42. The number of nitrogens with zero attached hydrogens (tertiary/aromatic N) is 1. The van der Waals surface area contributed by atoms with Crippen molar-refractivity contribution in [3.8, 4) is 0 Å². The summed E-state index contributed by atoms with van der Waals surface area (Å²) >= 11 is 3.44. The van der Waals surface area contributed by atoms with Crippen LogP contribution in [0.4, 0.5) is 5.82 Å². The van der Waals surface area contributed by atoms with Gasteiger partial charge in [0, 0.05) is 10.5 Å². The number of hydrogen-bond acceptors (Lipinski definition) is 2. The van der Waals surface area contributed by atoms with Crippen LogP contribution in [0.3, 0.4) is 0 Å². The number of anilines is 1. The van der Waals surface area contributed by atoms with Crippen molar-refractivity contribution in [2.45, 2.75) is 40.7 Å². The standard InChI is InChI=1S/C12H19BrN2/c1-8-10(13)6-7-11(14-8)15-9(2)12(3,4)5/h6-7,9H,1-5H3,(H,14,15). The van der Waals surface area contributed by atoms with Crippen LogP contribution < -0.4 is 5.32 Å².